The summed E-state index contributed by atoms with van der Waals surface area (Å²) >= 11 is 0. The average molecular weight is 320 g/mol. The van der Waals surface area contributed by atoms with Gasteiger partial charge < -0.3 is 9.84 Å². The van der Waals surface area contributed by atoms with Crippen molar-refractivity contribution in [3.05, 3.63) is 77.0 Å². The van der Waals surface area contributed by atoms with Crippen molar-refractivity contribution >= 4 is 5.91 Å². The lowest BCUT2D eigenvalue weighted by Gasteiger charge is -2.14. The van der Waals surface area contributed by atoms with E-state index in [9.17, 15) is 4.79 Å². The fourth-order valence-electron chi connectivity index (χ4n) is 2.63. The molecule has 3 aromatic rings. The second kappa shape index (κ2) is 6.71. The topological polar surface area (TPSA) is 55.1 Å². The average Bonchev–Trinajstić information content (AvgIpc) is 2.98. The molecule has 1 aromatic heterocycles. The Hall–Kier alpha value is -2.88. The van der Waals surface area contributed by atoms with Gasteiger partial charge in [-0.05, 0) is 26.3 Å². The van der Waals surface area contributed by atoms with E-state index in [-0.39, 0.29) is 11.9 Å². The van der Waals surface area contributed by atoms with Gasteiger partial charge in [0.15, 0.2) is 5.76 Å². The fourth-order valence-corrected chi connectivity index (χ4v) is 2.63. The standard InChI is InChI=1S/C20H20N2O2/c1-13-9-11-17(12-10-13)19-18(15(3)22-24-19)20(23)21-14(2)16-7-5-4-6-8-16/h4-12,14H,1-3H3,(H,21,23). The van der Waals surface area contributed by atoms with Crippen molar-refractivity contribution in [2.45, 2.75) is 26.8 Å². The van der Waals surface area contributed by atoms with Crippen molar-refractivity contribution in [1.82, 2.24) is 10.5 Å². The van der Waals surface area contributed by atoms with E-state index in [1.54, 1.807) is 6.92 Å². The van der Waals surface area contributed by atoms with E-state index in [2.05, 4.69) is 10.5 Å². The predicted molar refractivity (Wildman–Crippen MR) is 93.7 cm³/mol. The highest BCUT2D eigenvalue weighted by Gasteiger charge is 2.23. The van der Waals surface area contributed by atoms with Gasteiger partial charge in [-0.2, -0.15) is 0 Å². The Morgan fingerprint density at radius 3 is 2.38 bits per heavy atom. The Balaban J connectivity index is 1.88. The minimum absolute atomic E-state index is 0.0983. The summed E-state index contributed by atoms with van der Waals surface area (Å²) in [5.74, 6) is 0.325. The Labute approximate surface area is 141 Å². The molecule has 4 heteroatoms. The lowest BCUT2D eigenvalue weighted by atomic mass is 10.0. The van der Waals surface area contributed by atoms with Gasteiger partial charge in [0.05, 0.1) is 11.7 Å². The molecule has 0 radical (unpaired) electrons. The van der Waals surface area contributed by atoms with Gasteiger partial charge in [0.2, 0.25) is 0 Å². The molecule has 0 aliphatic rings. The zero-order valence-corrected chi connectivity index (χ0v) is 14.0. The Bertz CT molecular complexity index is 836. The molecule has 2 aromatic carbocycles. The molecular weight excluding hydrogens is 300 g/mol. The van der Waals surface area contributed by atoms with Crippen LogP contribution in [0.1, 0.15) is 40.1 Å². The van der Waals surface area contributed by atoms with E-state index in [0.29, 0.717) is 17.0 Å². The Kier molecular flexibility index (Phi) is 4.47. The van der Waals surface area contributed by atoms with Gasteiger partial charge in [0.25, 0.3) is 5.91 Å². The predicted octanol–water partition coefficient (Wildman–Crippen LogP) is 4.45. The van der Waals surface area contributed by atoms with E-state index in [1.807, 2.05) is 68.4 Å². The highest BCUT2D eigenvalue weighted by atomic mass is 16.5. The van der Waals surface area contributed by atoms with Crippen LogP contribution >= 0.6 is 0 Å². The van der Waals surface area contributed by atoms with Crippen LogP contribution in [0.4, 0.5) is 0 Å². The molecule has 0 saturated carbocycles. The SMILES string of the molecule is Cc1ccc(-c2onc(C)c2C(=O)NC(C)c2ccccc2)cc1. The number of carbonyl (C=O) groups excluding carboxylic acids is 1. The highest BCUT2D eigenvalue weighted by Crippen LogP contribution is 2.27. The highest BCUT2D eigenvalue weighted by molar-refractivity contribution is 6.00. The third-order valence-electron chi connectivity index (χ3n) is 4.05. The second-order valence-electron chi connectivity index (χ2n) is 5.94. The molecule has 3 rings (SSSR count). The van der Waals surface area contributed by atoms with Crippen molar-refractivity contribution in [2.24, 2.45) is 0 Å². The lowest BCUT2D eigenvalue weighted by Crippen LogP contribution is -2.27. The summed E-state index contributed by atoms with van der Waals surface area (Å²) in [6.07, 6.45) is 0. The smallest absolute Gasteiger partial charge is 0.257 e. The van der Waals surface area contributed by atoms with Crippen LogP contribution < -0.4 is 5.32 Å². The molecule has 1 amide bonds. The molecule has 0 saturated heterocycles. The van der Waals surface area contributed by atoms with Crippen molar-refractivity contribution < 1.29 is 9.32 Å². The van der Waals surface area contributed by atoms with E-state index in [0.717, 1.165) is 16.7 Å². The zero-order chi connectivity index (χ0) is 17.1. The molecule has 0 spiro atoms. The first-order valence-electron chi connectivity index (χ1n) is 7.95. The largest absolute Gasteiger partial charge is 0.355 e. The van der Waals surface area contributed by atoms with Crippen molar-refractivity contribution in [3.8, 4) is 11.3 Å². The number of rotatable bonds is 4. The van der Waals surface area contributed by atoms with E-state index in [4.69, 9.17) is 4.52 Å². The fraction of sp³-hybridized carbons (Fsp3) is 0.200. The number of amides is 1. The molecule has 24 heavy (non-hydrogen) atoms. The van der Waals surface area contributed by atoms with Gasteiger partial charge in [0, 0.05) is 5.56 Å². The molecular formula is C20H20N2O2. The monoisotopic (exact) mass is 320 g/mol. The van der Waals surface area contributed by atoms with E-state index in [1.165, 1.54) is 0 Å². The molecule has 4 nitrogen and oxygen atoms in total. The summed E-state index contributed by atoms with van der Waals surface area (Å²) in [4.78, 5) is 12.8. The van der Waals surface area contributed by atoms with Gasteiger partial charge in [-0.1, -0.05) is 65.3 Å². The summed E-state index contributed by atoms with van der Waals surface area (Å²) in [5.41, 5.74) is 4.12. The molecule has 0 aliphatic heterocycles. The minimum atomic E-state index is -0.180. The lowest BCUT2D eigenvalue weighted by molar-refractivity contribution is 0.0939. The first-order valence-corrected chi connectivity index (χ1v) is 7.95. The zero-order valence-electron chi connectivity index (χ0n) is 14.0. The maximum absolute atomic E-state index is 12.8. The van der Waals surface area contributed by atoms with Crippen LogP contribution in [0.2, 0.25) is 0 Å². The number of nitrogens with zero attached hydrogens (tertiary/aromatic N) is 1. The van der Waals surface area contributed by atoms with Crippen LogP contribution in [0.3, 0.4) is 0 Å². The second-order valence-corrected chi connectivity index (χ2v) is 5.94. The van der Waals surface area contributed by atoms with Crippen molar-refractivity contribution in [2.75, 3.05) is 0 Å². The van der Waals surface area contributed by atoms with Gasteiger partial charge in [-0.3, -0.25) is 4.79 Å². The molecule has 0 bridgehead atoms. The minimum Gasteiger partial charge on any atom is -0.355 e. The summed E-state index contributed by atoms with van der Waals surface area (Å²) in [5, 5.41) is 7.00. The van der Waals surface area contributed by atoms with E-state index < -0.39 is 0 Å². The number of benzene rings is 2. The molecule has 1 unspecified atom stereocenters. The maximum Gasteiger partial charge on any atom is 0.257 e. The molecule has 1 N–H and O–H groups in total. The number of nitrogens with one attached hydrogen (secondary N) is 1. The molecule has 0 fully saturated rings. The summed E-state index contributed by atoms with van der Waals surface area (Å²) in [6.45, 7) is 5.76. The Morgan fingerprint density at radius 1 is 1.04 bits per heavy atom. The molecule has 0 aliphatic carbocycles. The van der Waals surface area contributed by atoms with Gasteiger partial charge in [-0.15, -0.1) is 0 Å². The molecule has 1 heterocycles. The van der Waals surface area contributed by atoms with Gasteiger partial charge in [-0.25, -0.2) is 0 Å². The number of aromatic nitrogens is 1. The summed E-state index contributed by atoms with van der Waals surface area (Å²) < 4.78 is 5.42. The molecule has 122 valence electrons. The number of aryl methyl sites for hydroxylation is 2. The first-order chi connectivity index (χ1) is 11.6. The summed E-state index contributed by atoms with van der Waals surface area (Å²) in [7, 11) is 0. The third kappa shape index (κ3) is 3.23. The van der Waals surface area contributed by atoms with Crippen LogP contribution in [-0.2, 0) is 0 Å². The van der Waals surface area contributed by atoms with Crippen LogP contribution in [0.15, 0.2) is 59.1 Å². The van der Waals surface area contributed by atoms with Gasteiger partial charge >= 0.3 is 0 Å². The van der Waals surface area contributed by atoms with E-state index >= 15 is 0 Å². The van der Waals surface area contributed by atoms with Crippen molar-refractivity contribution in [1.29, 1.82) is 0 Å². The number of hydrogen-bond acceptors (Lipinski definition) is 3. The number of hydrogen-bond donors (Lipinski definition) is 1. The van der Waals surface area contributed by atoms with Crippen LogP contribution in [0.25, 0.3) is 11.3 Å². The maximum atomic E-state index is 12.8. The normalized spacial score (nSPS) is 12.0. The van der Waals surface area contributed by atoms with Gasteiger partial charge in [0.1, 0.15) is 5.56 Å². The number of carbonyl (C=O) groups is 1. The summed E-state index contributed by atoms with van der Waals surface area (Å²) in [6, 6.07) is 17.6. The first kappa shape index (κ1) is 16.0. The van der Waals surface area contributed by atoms with Crippen LogP contribution in [0, 0.1) is 13.8 Å². The van der Waals surface area contributed by atoms with Crippen molar-refractivity contribution in [3.63, 3.8) is 0 Å². The third-order valence-corrected chi connectivity index (χ3v) is 4.05. The quantitative estimate of drug-likeness (QED) is 0.772. The molecule has 1 atom stereocenters. The van der Waals surface area contributed by atoms with Crippen LogP contribution in [0.5, 0.6) is 0 Å². The van der Waals surface area contributed by atoms with Crippen LogP contribution in [-0.4, -0.2) is 11.1 Å². The Morgan fingerprint density at radius 2 is 1.71 bits per heavy atom.